The van der Waals surface area contributed by atoms with E-state index >= 15 is 0 Å². The van der Waals surface area contributed by atoms with Crippen molar-refractivity contribution in [1.29, 1.82) is 0 Å². The molecule has 32 heavy (non-hydrogen) atoms. The molecule has 1 atom stereocenters. The van der Waals surface area contributed by atoms with Gasteiger partial charge in [0.2, 0.25) is 21.8 Å². The Morgan fingerprint density at radius 1 is 1.03 bits per heavy atom. The molecule has 0 aliphatic heterocycles. The van der Waals surface area contributed by atoms with Crippen molar-refractivity contribution in [1.82, 2.24) is 10.2 Å². The highest BCUT2D eigenvalue weighted by molar-refractivity contribution is 7.92. The standard InChI is InChI=1S/C24H33N3O4S/c1-7-21(24(29)25-5)26(15-20-10-8-9-17(2)13-20)23(28)16-27(32(6,30)31)22-14-18(3)11-12-19(22)4/h8-14,21H,7,15-16H2,1-6H3,(H,25,29). The van der Waals surface area contributed by atoms with E-state index in [1.54, 1.807) is 13.0 Å². The van der Waals surface area contributed by atoms with Crippen LogP contribution in [0.2, 0.25) is 0 Å². The maximum Gasteiger partial charge on any atom is 0.244 e. The maximum atomic E-state index is 13.5. The van der Waals surface area contributed by atoms with Gasteiger partial charge in [-0.3, -0.25) is 13.9 Å². The number of rotatable bonds is 9. The van der Waals surface area contributed by atoms with Crippen LogP contribution < -0.4 is 9.62 Å². The summed E-state index contributed by atoms with van der Waals surface area (Å²) >= 11 is 0. The minimum Gasteiger partial charge on any atom is -0.357 e. The molecule has 1 unspecified atom stereocenters. The monoisotopic (exact) mass is 459 g/mol. The lowest BCUT2D eigenvalue weighted by atomic mass is 10.1. The first-order valence-corrected chi connectivity index (χ1v) is 12.4. The van der Waals surface area contributed by atoms with Gasteiger partial charge in [0.1, 0.15) is 12.6 Å². The minimum atomic E-state index is -3.74. The van der Waals surface area contributed by atoms with Crippen LogP contribution in [0.15, 0.2) is 42.5 Å². The zero-order chi connectivity index (χ0) is 24.1. The maximum absolute atomic E-state index is 13.5. The molecule has 2 aromatic carbocycles. The van der Waals surface area contributed by atoms with Crippen molar-refractivity contribution in [3.63, 3.8) is 0 Å². The fraction of sp³-hybridized carbons (Fsp3) is 0.417. The van der Waals surface area contributed by atoms with E-state index < -0.39 is 22.0 Å². The molecule has 0 fully saturated rings. The summed E-state index contributed by atoms with van der Waals surface area (Å²) in [4.78, 5) is 27.5. The molecule has 0 radical (unpaired) electrons. The molecule has 0 spiro atoms. The number of amides is 2. The number of anilines is 1. The van der Waals surface area contributed by atoms with Crippen LogP contribution in [0.25, 0.3) is 0 Å². The van der Waals surface area contributed by atoms with Gasteiger partial charge in [0, 0.05) is 13.6 Å². The lowest BCUT2D eigenvalue weighted by molar-refractivity contribution is -0.140. The lowest BCUT2D eigenvalue weighted by Crippen LogP contribution is -2.51. The second-order valence-electron chi connectivity index (χ2n) is 8.11. The van der Waals surface area contributed by atoms with Gasteiger partial charge in [-0.1, -0.05) is 48.9 Å². The average Bonchev–Trinajstić information content (AvgIpc) is 2.72. The van der Waals surface area contributed by atoms with Gasteiger partial charge in [-0.2, -0.15) is 0 Å². The number of hydrogen-bond acceptors (Lipinski definition) is 4. The van der Waals surface area contributed by atoms with Crippen LogP contribution in [0.3, 0.4) is 0 Å². The van der Waals surface area contributed by atoms with Gasteiger partial charge in [-0.25, -0.2) is 8.42 Å². The first-order valence-electron chi connectivity index (χ1n) is 10.6. The van der Waals surface area contributed by atoms with Gasteiger partial charge in [-0.15, -0.1) is 0 Å². The lowest BCUT2D eigenvalue weighted by Gasteiger charge is -2.33. The summed E-state index contributed by atoms with van der Waals surface area (Å²) in [5.74, 6) is -0.723. The van der Waals surface area contributed by atoms with Crippen molar-refractivity contribution < 1.29 is 18.0 Å². The summed E-state index contributed by atoms with van der Waals surface area (Å²) in [6, 6.07) is 12.5. The highest BCUT2D eigenvalue weighted by atomic mass is 32.2. The normalized spacial score (nSPS) is 12.2. The van der Waals surface area contributed by atoms with E-state index in [-0.39, 0.29) is 19.0 Å². The molecule has 2 amide bonds. The van der Waals surface area contributed by atoms with Crippen LogP contribution >= 0.6 is 0 Å². The average molecular weight is 460 g/mol. The molecule has 0 saturated heterocycles. The van der Waals surface area contributed by atoms with E-state index in [1.165, 1.54) is 11.9 Å². The van der Waals surface area contributed by atoms with Gasteiger partial charge in [-0.05, 0) is 49.9 Å². The van der Waals surface area contributed by atoms with Crippen molar-refractivity contribution in [3.05, 3.63) is 64.7 Å². The first kappa shape index (κ1) is 25.4. The van der Waals surface area contributed by atoms with Crippen LogP contribution in [0.5, 0.6) is 0 Å². The van der Waals surface area contributed by atoms with Crippen molar-refractivity contribution >= 4 is 27.5 Å². The van der Waals surface area contributed by atoms with Crippen molar-refractivity contribution in [2.24, 2.45) is 0 Å². The summed E-state index contributed by atoms with van der Waals surface area (Å²) < 4.78 is 26.4. The van der Waals surface area contributed by atoms with Crippen LogP contribution in [0.1, 0.15) is 35.6 Å². The Kier molecular flexibility index (Phi) is 8.44. The highest BCUT2D eigenvalue weighted by Gasteiger charge is 2.31. The van der Waals surface area contributed by atoms with Crippen LogP contribution in [-0.4, -0.2) is 51.0 Å². The molecule has 0 saturated carbocycles. The summed E-state index contributed by atoms with van der Waals surface area (Å²) in [6.45, 7) is 7.28. The zero-order valence-corrected chi connectivity index (χ0v) is 20.5. The molecule has 174 valence electrons. The number of likely N-dealkylation sites (N-methyl/N-ethyl adjacent to an activating group) is 1. The van der Waals surface area contributed by atoms with Gasteiger partial charge in [0.05, 0.1) is 11.9 Å². The summed E-state index contributed by atoms with van der Waals surface area (Å²) in [5, 5.41) is 2.62. The third-order valence-corrected chi connectivity index (χ3v) is 6.51. The Hall–Kier alpha value is -2.87. The SMILES string of the molecule is CCC(C(=O)NC)N(Cc1cccc(C)c1)C(=O)CN(c1cc(C)ccc1C)S(C)(=O)=O. The number of aryl methyl sites for hydroxylation is 3. The van der Waals surface area contributed by atoms with Gasteiger partial charge in [0.15, 0.2) is 0 Å². The van der Waals surface area contributed by atoms with Crippen molar-refractivity contribution in [2.45, 2.75) is 46.7 Å². The van der Waals surface area contributed by atoms with Gasteiger partial charge in [0.25, 0.3) is 0 Å². The topological polar surface area (TPSA) is 86.8 Å². The Bertz CT molecular complexity index is 1080. The molecule has 0 bridgehead atoms. The van der Waals surface area contributed by atoms with Crippen LogP contribution in [-0.2, 0) is 26.2 Å². The predicted molar refractivity (Wildman–Crippen MR) is 128 cm³/mol. The van der Waals surface area contributed by atoms with E-state index in [4.69, 9.17) is 0 Å². The molecule has 0 aromatic heterocycles. The molecular formula is C24H33N3O4S. The summed E-state index contributed by atoms with van der Waals surface area (Å²) in [5.41, 5.74) is 4.01. The molecule has 8 heteroatoms. The number of benzene rings is 2. The third kappa shape index (κ3) is 6.32. The van der Waals surface area contributed by atoms with E-state index in [1.807, 2.05) is 57.2 Å². The summed E-state index contributed by atoms with van der Waals surface area (Å²) in [7, 11) is -2.21. The number of hydrogen-bond donors (Lipinski definition) is 1. The van der Waals surface area contributed by atoms with Crippen molar-refractivity contribution in [3.8, 4) is 0 Å². The fourth-order valence-electron chi connectivity index (χ4n) is 3.68. The molecule has 0 aliphatic carbocycles. The second kappa shape index (κ2) is 10.6. The number of sulfonamides is 1. The second-order valence-corrected chi connectivity index (χ2v) is 10.0. The Morgan fingerprint density at radius 3 is 2.25 bits per heavy atom. The fourth-order valence-corrected chi connectivity index (χ4v) is 4.58. The molecule has 2 aromatic rings. The number of carbonyl (C=O) groups is 2. The van der Waals surface area contributed by atoms with E-state index in [2.05, 4.69) is 5.32 Å². The highest BCUT2D eigenvalue weighted by Crippen LogP contribution is 2.25. The molecule has 2 rings (SSSR count). The van der Waals surface area contributed by atoms with E-state index in [9.17, 15) is 18.0 Å². The number of nitrogens with one attached hydrogen (secondary N) is 1. The van der Waals surface area contributed by atoms with Crippen LogP contribution in [0, 0.1) is 20.8 Å². The largest absolute Gasteiger partial charge is 0.357 e. The molecule has 0 heterocycles. The molecule has 7 nitrogen and oxygen atoms in total. The number of carbonyl (C=O) groups excluding carboxylic acids is 2. The molecule has 1 N–H and O–H groups in total. The quantitative estimate of drug-likeness (QED) is 0.625. The van der Waals surface area contributed by atoms with Gasteiger partial charge >= 0.3 is 0 Å². The third-order valence-electron chi connectivity index (χ3n) is 5.38. The molecular weight excluding hydrogens is 426 g/mol. The van der Waals surface area contributed by atoms with E-state index in [0.29, 0.717) is 12.1 Å². The Morgan fingerprint density at radius 2 is 1.69 bits per heavy atom. The van der Waals surface area contributed by atoms with Gasteiger partial charge < -0.3 is 10.2 Å². The summed E-state index contributed by atoms with van der Waals surface area (Å²) in [6.07, 6.45) is 1.49. The minimum absolute atomic E-state index is 0.205. The van der Waals surface area contributed by atoms with Crippen molar-refractivity contribution in [2.75, 3.05) is 24.2 Å². The first-order chi connectivity index (χ1) is 15.0. The zero-order valence-electron chi connectivity index (χ0n) is 19.7. The molecule has 0 aliphatic rings. The van der Waals surface area contributed by atoms with Crippen LogP contribution in [0.4, 0.5) is 5.69 Å². The smallest absolute Gasteiger partial charge is 0.244 e. The predicted octanol–water partition coefficient (Wildman–Crippen LogP) is 2.93. The van der Waals surface area contributed by atoms with E-state index in [0.717, 1.165) is 32.8 Å². The number of nitrogens with zero attached hydrogens (tertiary/aromatic N) is 2. The Balaban J connectivity index is 2.47. The Labute approximate surface area is 191 Å².